The van der Waals surface area contributed by atoms with Gasteiger partial charge in [0.05, 0.1) is 0 Å². The second-order valence-electron chi connectivity index (χ2n) is 7.64. The summed E-state index contributed by atoms with van der Waals surface area (Å²) in [5.74, 6) is 3.18. The van der Waals surface area contributed by atoms with Gasteiger partial charge in [0.1, 0.15) is 0 Å². The molecule has 20 heavy (non-hydrogen) atoms. The molecule has 5 rings (SSSR count). The van der Waals surface area contributed by atoms with Crippen LogP contribution in [0.5, 0.6) is 0 Å². The van der Waals surface area contributed by atoms with Gasteiger partial charge in [0.2, 0.25) is 0 Å². The highest BCUT2D eigenvalue weighted by atomic mass is 35.5. The molecular formula is C18H26ClN. The topological polar surface area (TPSA) is 12.0 Å². The summed E-state index contributed by atoms with van der Waals surface area (Å²) in [5.41, 5.74) is 3.29. The molecule has 4 aliphatic rings. The summed E-state index contributed by atoms with van der Waals surface area (Å²) in [6.07, 6.45) is 9.13. The van der Waals surface area contributed by atoms with Crippen LogP contribution in [0, 0.1) is 30.1 Å². The first-order valence-corrected chi connectivity index (χ1v) is 8.01. The Morgan fingerprint density at radius 3 is 1.95 bits per heavy atom. The van der Waals surface area contributed by atoms with Gasteiger partial charge in [0, 0.05) is 12.2 Å². The summed E-state index contributed by atoms with van der Waals surface area (Å²) in [5, 5.41) is 3.73. The van der Waals surface area contributed by atoms with E-state index in [2.05, 4.69) is 36.5 Å². The van der Waals surface area contributed by atoms with E-state index >= 15 is 0 Å². The number of anilines is 1. The average molecular weight is 292 g/mol. The summed E-state index contributed by atoms with van der Waals surface area (Å²) in [6, 6.07) is 8.88. The quantitative estimate of drug-likeness (QED) is 0.822. The number of aryl methyl sites for hydroxylation is 1. The van der Waals surface area contributed by atoms with Crippen molar-refractivity contribution in [2.75, 3.05) is 11.9 Å². The lowest BCUT2D eigenvalue weighted by atomic mass is 9.49. The van der Waals surface area contributed by atoms with Gasteiger partial charge in [-0.3, -0.25) is 0 Å². The maximum absolute atomic E-state index is 3.73. The highest BCUT2D eigenvalue weighted by molar-refractivity contribution is 5.85. The Labute approximate surface area is 128 Å². The third-order valence-electron chi connectivity index (χ3n) is 5.88. The van der Waals surface area contributed by atoms with Crippen LogP contribution < -0.4 is 5.32 Å². The second kappa shape index (κ2) is 5.26. The van der Waals surface area contributed by atoms with E-state index in [9.17, 15) is 0 Å². The Hall–Kier alpha value is -0.690. The molecule has 0 aliphatic heterocycles. The fourth-order valence-electron chi connectivity index (χ4n) is 5.47. The predicted molar refractivity (Wildman–Crippen MR) is 87.5 cm³/mol. The molecule has 0 spiro atoms. The maximum Gasteiger partial charge on any atom is 0.0340 e. The molecule has 0 amide bonds. The lowest BCUT2D eigenvalue weighted by Crippen LogP contribution is -2.49. The number of halogens is 1. The van der Waals surface area contributed by atoms with Crippen LogP contribution in [0.4, 0.5) is 5.69 Å². The largest absolute Gasteiger partial charge is 0.384 e. The molecule has 1 aromatic carbocycles. The molecule has 0 atom stereocenters. The van der Waals surface area contributed by atoms with Gasteiger partial charge in [-0.15, -0.1) is 12.4 Å². The molecule has 4 saturated carbocycles. The van der Waals surface area contributed by atoms with Crippen LogP contribution >= 0.6 is 12.4 Å². The monoisotopic (exact) mass is 291 g/mol. The molecule has 1 nitrogen and oxygen atoms in total. The third-order valence-corrected chi connectivity index (χ3v) is 5.88. The minimum Gasteiger partial charge on any atom is -0.384 e. The maximum atomic E-state index is 3.73. The van der Waals surface area contributed by atoms with E-state index in [1.54, 1.807) is 19.3 Å². The number of benzene rings is 1. The summed E-state index contributed by atoms with van der Waals surface area (Å²) < 4.78 is 0. The minimum atomic E-state index is 0. The first kappa shape index (κ1) is 14.3. The van der Waals surface area contributed by atoms with Gasteiger partial charge in [-0.2, -0.15) is 0 Å². The standard InChI is InChI=1S/C18H25N.ClH/c1-13-2-4-17(5-3-13)19-12-18-9-14-6-15(10-18)8-16(7-14)11-18;/h2-5,14-16,19H,6-12H2,1H3;1H. The van der Waals surface area contributed by atoms with E-state index in [0.29, 0.717) is 5.41 Å². The van der Waals surface area contributed by atoms with E-state index < -0.39 is 0 Å². The summed E-state index contributed by atoms with van der Waals surface area (Å²) >= 11 is 0. The van der Waals surface area contributed by atoms with Crippen LogP contribution in [0.1, 0.15) is 44.1 Å². The van der Waals surface area contributed by atoms with E-state index in [1.807, 2.05) is 0 Å². The van der Waals surface area contributed by atoms with Gasteiger partial charge in [-0.05, 0) is 80.8 Å². The molecule has 2 heteroatoms. The van der Waals surface area contributed by atoms with E-state index in [-0.39, 0.29) is 12.4 Å². The van der Waals surface area contributed by atoms with E-state index in [0.717, 1.165) is 17.8 Å². The number of nitrogens with one attached hydrogen (secondary N) is 1. The Kier molecular flexibility index (Phi) is 3.75. The van der Waals surface area contributed by atoms with Crippen LogP contribution in [-0.4, -0.2) is 6.54 Å². The molecule has 0 heterocycles. The van der Waals surface area contributed by atoms with Crippen LogP contribution in [0.2, 0.25) is 0 Å². The summed E-state index contributed by atoms with van der Waals surface area (Å²) in [7, 11) is 0. The molecule has 4 aliphatic carbocycles. The van der Waals surface area contributed by atoms with Gasteiger partial charge in [-0.1, -0.05) is 17.7 Å². The average Bonchev–Trinajstić information content (AvgIpc) is 2.36. The fourth-order valence-corrected chi connectivity index (χ4v) is 5.47. The molecule has 110 valence electrons. The third kappa shape index (κ3) is 2.57. The molecule has 0 radical (unpaired) electrons. The van der Waals surface area contributed by atoms with Crippen LogP contribution in [0.3, 0.4) is 0 Å². The van der Waals surface area contributed by atoms with Crippen LogP contribution in [-0.2, 0) is 0 Å². The van der Waals surface area contributed by atoms with Gasteiger partial charge in [-0.25, -0.2) is 0 Å². The molecule has 4 bridgehead atoms. The lowest BCUT2D eigenvalue weighted by molar-refractivity contribution is -0.0444. The number of rotatable bonds is 3. The van der Waals surface area contributed by atoms with Crippen molar-refractivity contribution >= 4 is 18.1 Å². The Morgan fingerprint density at radius 2 is 1.45 bits per heavy atom. The SMILES string of the molecule is Cc1ccc(NCC23CC4CC(CC(C4)C2)C3)cc1.Cl. The zero-order valence-electron chi connectivity index (χ0n) is 12.4. The predicted octanol–water partition coefficient (Wildman–Crippen LogP) is 5.05. The molecule has 0 saturated heterocycles. The van der Waals surface area contributed by atoms with E-state index in [1.165, 1.54) is 37.1 Å². The smallest absolute Gasteiger partial charge is 0.0340 e. The van der Waals surface area contributed by atoms with Gasteiger partial charge in [0.25, 0.3) is 0 Å². The van der Waals surface area contributed by atoms with Crippen LogP contribution in [0.15, 0.2) is 24.3 Å². The van der Waals surface area contributed by atoms with Crippen molar-refractivity contribution in [2.24, 2.45) is 23.2 Å². The first-order valence-electron chi connectivity index (χ1n) is 8.01. The highest BCUT2D eigenvalue weighted by Gasteiger charge is 2.50. The molecular weight excluding hydrogens is 266 g/mol. The van der Waals surface area contributed by atoms with Gasteiger partial charge < -0.3 is 5.32 Å². The van der Waals surface area contributed by atoms with Gasteiger partial charge in [0.15, 0.2) is 0 Å². The number of hydrogen-bond acceptors (Lipinski definition) is 1. The normalized spacial score (nSPS) is 37.5. The zero-order valence-corrected chi connectivity index (χ0v) is 13.2. The van der Waals surface area contributed by atoms with Crippen molar-refractivity contribution in [1.29, 1.82) is 0 Å². The zero-order chi connectivity index (χ0) is 12.9. The summed E-state index contributed by atoms with van der Waals surface area (Å²) in [6.45, 7) is 3.36. The van der Waals surface area contributed by atoms with Crippen molar-refractivity contribution in [3.05, 3.63) is 29.8 Å². The molecule has 1 N–H and O–H groups in total. The highest BCUT2D eigenvalue weighted by Crippen LogP contribution is 2.59. The molecule has 4 fully saturated rings. The van der Waals surface area contributed by atoms with Crippen molar-refractivity contribution in [3.63, 3.8) is 0 Å². The van der Waals surface area contributed by atoms with Crippen molar-refractivity contribution < 1.29 is 0 Å². The number of hydrogen-bond donors (Lipinski definition) is 1. The Morgan fingerprint density at radius 1 is 0.950 bits per heavy atom. The Balaban J connectivity index is 0.00000121. The van der Waals surface area contributed by atoms with Crippen molar-refractivity contribution in [1.82, 2.24) is 0 Å². The van der Waals surface area contributed by atoms with Gasteiger partial charge >= 0.3 is 0 Å². The van der Waals surface area contributed by atoms with E-state index in [4.69, 9.17) is 0 Å². The molecule has 1 aromatic rings. The van der Waals surface area contributed by atoms with Crippen LogP contribution in [0.25, 0.3) is 0 Å². The Bertz CT molecular complexity index is 430. The second-order valence-corrected chi connectivity index (χ2v) is 7.64. The molecule has 0 unspecified atom stereocenters. The van der Waals surface area contributed by atoms with Crippen molar-refractivity contribution in [2.45, 2.75) is 45.4 Å². The summed E-state index contributed by atoms with van der Waals surface area (Å²) in [4.78, 5) is 0. The first-order chi connectivity index (χ1) is 9.21. The van der Waals surface area contributed by atoms with Crippen molar-refractivity contribution in [3.8, 4) is 0 Å². The minimum absolute atomic E-state index is 0. The fraction of sp³-hybridized carbons (Fsp3) is 0.667. The lowest BCUT2D eigenvalue weighted by Gasteiger charge is -2.57. The molecule has 0 aromatic heterocycles.